The van der Waals surface area contributed by atoms with Crippen LogP contribution in [0.3, 0.4) is 0 Å². The minimum Gasteiger partial charge on any atom is -0.497 e. The molecule has 0 atom stereocenters. The first-order chi connectivity index (χ1) is 8.04. The third kappa shape index (κ3) is 2.26. The summed E-state index contributed by atoms with van der Waals surface area (Å²) < 4.78 is 10.4. The van der Waals surface area contributed by atoms with E-state index in [2.05, 4.69) is 0 Å². The molecule has 0 radical (unpaired) electrons. The van der Waals surface area contributed by atoms with E-state index in [4.69, 9.17) is 9.47 Å². The first-order valence-corrected chi connectivity index (χ1v) is 5.58. The third-order valence-electron chi connectivity index (χ3n) is 2.99. The summed E-state index contributed by atoms with van der Waals surface area (Å²) in [5, 5.41) is 0. The summed E-state index contributed by atoms with van der Waals surface area (Å²) in [7, 11) is 1.61. The van der Waals surface area contributed by atoms with E-state index >= 15 is 0 Å². The second-order valence-electron chi connectivity index (χ2n) is 4.75. The van der Waals surface area contributed by atoms with Gasteiger partial charge in [0.1, 0.15) is 12.5 Å². The molecule has 17 heavy (non-hydrogen) atoms. The van der Waals surface area contributed by atoms with E-state index in [-0.39, 0.29) is 11.4 Å². The zero-order valence-corrected chi connectivity index (χ0v) is 10.4. The minimum atomic E-state index is -0.239. The Kier molecular flexibility index (Phi) is 3.07. The van der Waals surface area contributed by atoms with Crippen LogP contribution in [-0.4, -0.2) is 36.8 Å². The van der Waals surface area contributed by atoms with Crippen molar-refractivity contribution in [2.24, 2.45) is 0 Å². The molecule has 0 aromatic heterocycles. The van der Waals surface area contributed by atoms with Crippen LogP contribution in [0.25, 0.3) is 0 Å². The molecule has 0 spiro atoms. The van der Waals surface area contributed by atoms with Gasteiger partial charge in [-0.15, -0.1) is 0 Å². The van der Waals surface area contributed by atoms with Gasteiger partial charge in [0.15, 0.2) is 0 Å². The highest BCUT2D eigenvalue weighted by Crippen LogP contribution is 2.24. The van der Waals surface area contributed by atoms with Crippen LogP contribution in [0, 0.1) is 0 Å². The lowest BCUT2D eigenvalue weighted by Crippen LogP contribution is -2.44. The highest BCUT2D eigenvalue weighted by Gasteiger charge is 2.36. The Morgan fingerprint density at radius 3 is 2.47 bits per heavy atom. The van der Waals surface area contributed by atoms with Crippen LogP contribution in [0.1, 0.15) is 24.2 Å². The van der Waals surface area contributed by atoms with Gasteiger partial charge in [0.2, 0.25) is 0 Å². The maximum Gasteiger partial charge on any atom is 0.256 e. The fraction of sp³-hybridized carbons (Fsp3) is 0.462. The topological polar surface area (TPSA) is 38.8 Å². The van der Waals surface area contributed by atoms with E-state index in [9.17, 15) is 4.79 Å². The summed E-state index contributed by atoms with van der Waals surface area (Å²) in [6.45, 7) is 4.94. The number of methoxy groups -OCH3 is 1. The molecule has 0 saturated carbocycles. The minimum absolute atomic E-state index is 0.00449. The number of nitrogens with zero attached hydrogens (tertiary/aromatic N) is 1. The fourth-order valence-electron chi connectivity index (χ4n) is 1.86. The van der Waals surface area contributed by atoms with Gasteiger partial charge >= 0.3 is 0 Å². The normalized spacial score (nSPS) is 18.2. The number of benzene rings is 1. The van der Waals surface area contributed by atoms with E-state index in [0.717, 1.165) is 5.75 Å². The lowest BCUT2D eigenvalue weighted by atomic mass is 10.0. The van der Waals surface area contributed by atoms with E-state index in [1.165, 1.54) is 0 Å². The van der Waals surface area contributed by atoms with Crippen LogP contribution in [0.4, 0.5) is 0 Å². The van der Waals surface area contributed by atoms with Gasteiger partial charge in [-0.2, -0.15) is 0 Å². The van der Waals surface area contributed by atoms with E-state index in [0.29, 0.717) is 18.9 Å². The fourth-order valence-corrected chi connectivity index (χ4v) is 1.86. The zero-order chi connectivity index (χ0) is 12.5. The van der Waals surface area contributed by atoms with Crippen molar-refractivity contribution < 1.29 is 14.3 Å². The van der Waals surface area contributed by atoms with Crippen molar-refractivity contribution in [3.8, 4) is 5.75 Å². The number of hydrogen-bond acceptors (Lipinski definition) is 3. The predicted molar refractivity (Wildman–Crippen MR) is 64.1 cm³/mol. The molecule has 1 saturated heterocycles. The Hall–Kier alpha value is -1.55. The van der Waals surface area contributed by atoms with Crippen molar-refractivity contribution in [1.29, 1.82) is 0 Å². The molecule has 0 bridgehead atoms. The largest absolute Gasteiger partial charge is 0.497 e. The number of amides is 1. The lowest BCUT2D eigenvalue weighted by molar-refractivity contribution is 0.0605. The van der Waals surface area contributed by atoms with Crippen molar-refractivity contribution in [3.63, 3.8) is 0 Å². The smallest absolute Gasteiger partial charge is 0.256 e. The second-order valence-corrected chi connectivity index (χ2v) is 4.75. The molecule has 4 nitrogen and oxygen atoms in total. The molecule has 4 heteroatoms. The van der Waals surface area contributed by atoms with Crippen molar-refractivity contribution in [2.75, 3.05) is 20.4 Å². The second kappa shape index (κ2) is 4.37. The predicted octanol–water partition coefficient (Wildman–Crippen LogP) is 1.90. The molecule has 1 fully saturated rings. The standard InChI is InChI=1S/C13H17NO3/c1-13(2)8-17-9-14(13)12(15)10-4-6-11(16-3)7-5-10/h4-7H,8-9H2,1-3H3. The number of rotatable bonds is 2. The van der Waals surface area contributed by atoms with Gasteiger partial charge in [-0.25, -0.2) is 0 Å². The van der Waals surface area contributed by atoms with Crippen LogP contribution < -0.4 is 4.74 Å². The molecule has 1 aromatic carbocycles. The van der Waals surface area contributed by atoms with Gasteiger partial charge in [-0.05, 0) is 38.1 Å². The van der Waals surface area contributed by atoms with Crippen LogP contribution in [-0.2, 0) is 4.74 Å². The molecule has 0 N–H and O–H groups in total. The average Bonchev–Trinajstić information content (AvgIpc) is 2.68. The van der Waals surface area contributed by atoms with E-state index in [1.807, 2.05) is 13.8 Å². The highest BCUT2D eigenvalue weighted by molar-refractivity contribution is 5.94. The maximum atomic E-state index is 12.3. The molecule has 1 aliphatic heterocycles. The van der Waals surface area contributed by atoms with Crippen LogP contribution in [0.5, 0.6) is 5.75 Å². The number of carbonyl (C=O) groups excluding carboxylic acids is 1. The molecule has 0 aliphatic carbocycles. The summed E-state index contributed by atoms with van der Waals surface area (Å²) in [5.74, 6) is 0.744. The number of hydrogen-bond donors (Lipinski definition) is 0. The average molecular weight is 235 g/mol. The van der Waals surface area contributed by atoms with Crippen molar-refractivity contribution >= 4 is 5.91 Å². The Bertz CT molecular complexity index is 411. The van der Waals surface area contributed by atoms with Crippen LogP contribution in [0.15, 0.2) is 24.3 Å². The Morgan fingerprint density at radius 1 is 1.35 bits per heavy atom. The third-order valence-corrected chi connectivity index (χ3v) is 2.99. The summed E-state index contributed by atoms with van der Waals surface area (Å²) in [4.78, 5) is 14.0. The molecule has 1 aliphatic rings. The van der Waals surface area contributed by atoms with Gasteiger partial charge in [0.05, 0.1) is 19.3 Å². The molecule has 0 unspecified atom stereocenters. The highest BCUT2D eigenvalue weighted by atomic mass is 16.5. The molecule has 1 heterocycles. The molecule has 2 rings (SSSR count). The quantitative estimate of drug-likeness (QED) is 0.786. The van der Waals surface area contributed by atoms with Crippen LogP contribution >= 0.6 is 0 Å². The number of ether oxygens (including phenoxy) is 2. The van der Waals surface area contributed by atoms with Crippen LogP contribution in [0.2, 0.25) is 0 Å². The summed E-state index contributed by atoms with van der Waals surface area (Å²) in [6.07, 6.45) is 0. The van der Waals surface area contributed by atoms with E-state index in [1.54, 1.807) is 36.3 Å². The molecule has 1 amide bonds. The Morgan fingerprint density at radius 2 is 2.00 bits per heavy atom. The first kappa shape index (κ1) is 11.9. The van der Waals surface area contributed by atoms with Crippen molar-refractivity contribution in [2.45, 2.75) is 19.4 Å². The Balaban J connectivity index is 2.19. The van der Waals surface area contributed by atoms with Gasteiger partial charge in [0.25, 0.3) is 5.91 Å². The van der Waals surface area contributed by atoms with E-state index < -0.39 is 0 Å². The van der Waals surface area contributed by atoms with Crippen molar-refractivity contribution in [1.82, 2.24) is 4.90 Å². The Labute approximate surface area is 101 Å². The molecule has 92 valence electrons. The summed E-state index contributed by atoms with van der Waals surface area (Å²) >= 11 is 0. The maximum absolute atomic E-state index is 12.3. The van der Waals surface area contributed by atoms with Gasteiger partial charge in [-0.1, -0.05) is 0 Å². The molecule has 1 aromatic rings. The SMILES string of the molecule is COc1ccc(C(=O)N2COCC2(C)C)cc1. The van der Waals surface area contributed by atoms with Gasteiger partial charge in [-0.3, -0.25) is 4.79 Å². The zero-order valence-electron chi connectivity index (χ0n) is 10.4. The summed E-state index contributed by atoms with van der Waals surface area (Å²) in [5.41, 5.74) is 0.418. The lowest BCUT2D eigenvalue weighted by Gasteiger charge is -2.29. The van der Waals surface area contributed by atoms with Crippen molar-refractivity contribution in [3.05, 3.63) is 29.8 Å². The molecular formula is C13H17NO3. The van der Waals surface area contributed by atoms with Gasteiger partial charge < -0.3 is 14.4 Å². The number of carbonyl (C=O) groups is 1. The summed E-state index contributed by atoms with van der Waals surface area (Å²) in [6, 6.07) is 7.12. The monoisotopic (exact) mass is 235 g/mol. The molecular weight excluding hydrogens is 218 g/mol. The van der Waals surface area contributed by atoms with Gasteiger partial charge in [0, 0.05) is 5.56 Å². The first-order valence-electron chi connectivity index (χ1n) is 5.58.